The minimum Gasteiger partial charge on any atom is -0.496 e. The first-order valence-corrected chi connectivity index (χ1v) is 5.49. The van der Waals surface area contributed by atoms with Gasteiger partial charge in [0, 0.05) is 5.56 Å². The van der Waals surface area contributed by atoms with E-state index in [0.717, 1.165) is 0 Å². The highest BCUT2D eigenvalue weighted by Crippen LogP contribution is 2.32. The molecule has 0 saturated heterocycles. The summed E-state index contributed by atoms with van der Waals surface area (Å²) in [4.78, 5) is 0. The summed E-state index contributed by atoms with van der Waals surface area (Å²) in [6, 6.07) is 12.9. The lowest BCUT2D eigenvalue weighted by Gasteiger charge is -2.11. The Morgan fingerprint density at radius 3 is 2.37 bits per heavy atom. The average molecular weight is 268 g/mol. The molecule has 2 nitrogen and oxygen atoms in total. The van der Waals surface area contributed by atoms with Crippen molar-refractivity contribution in [3.8, 4) is 22.6 Å². The monoisotopic (exact) mass is 268 g/mol. The predicted octanol–water partition coefficient (Wildman–Crippen LogP) is 4.26. The van der Waals surface area contributed by atoms with Crippen LogP contribution in [0.15, 0.2) is 48.5 Å². The molecular formula is C14H11F3O2. The Hall–Kier alpha value is -2.17. The van der Waals surface area contributed by atoms with Crippen LogP contribution in [0.5, 0.6) is 11.5 Å². The van der Waals surface area contributed by atoms with Gasteiger partial charge in [0.1, 0.15) is 11.5 Å². The van der Waals surface area contributed by atoms with Crippen molar-refractivity contribution < 1.29 is 22.6 Å². The fraction of sp³-hybridized carbons (Fsp3) is 0.143. The zero-order chi connectivity index (χ0) is 13.9. The molecule has 2 rings (SSSR count). The van der Waals surface area contributed by atoms with Gasteiger partial charge in [0.25, 0.3) is 0 Å². The molecule has 0 amide bonds. The molecular weight excluding hydrogens is 257 g/mol. The lowest BCUT2D eigenvalue weighted by molar-refractivity contribution is -0.274. The van der Waals surface area contributed by atoms with Crippen LogP contribution in [-0.2, 0) is 0 Å². The van der Waals surface area contributed by atoms with E-state index in [1.165, 1.54) is 25.3 Å². The van der Waals surface area contributed by atoms with E-state index >= 15 is 0 Å². The number of hydrogen-bond acceptors (Lipinski definition) is 2. The molecule has 2 aromatic rings. The third kappa shape index (κ3) is 3.40. The van der Waals surface area contributed by atoms with E-state index in [9.17, 15) is 13.2 Å². The second kappa shape index (κ2) is 5.22. The fourth-order valence-electron chi connectivity index (χ4n) is 1.74. The number of alkyl halides is 3. The van der Waals surface area contributed by atoms with E-state index in [4.69, 9.17) is 4.74 Å². The summed E-state index contributed by atoms with van der Waals surface area (Å²) in [6.07, 6.45) is -4.70. The Morgan fingerprint density at radius 2 is 1.68 bits per heavy atom. The Morgan fingerprint density at radius 1 is 0.947 bits per heavy atom. The van der Waals surface area contributed by atoms with Crippen LogP contribution in [-0.4, -0.2) is 13.5 Å². The van der Waals surface area contributed by atoms with Gasteiger partial charge in [-0.3, -0.25) is 0 Å². The average Bonchev–Trinajstić information content (AvgIpc) is 2.37. The van der Waals surface area contributed by atoms with E-state index in [1.807, 2.05) is 0 Å². The van der Waals surface area contributed by atoms with E-state index < -0.39 is 6.36 Å². The first-order valence-electron chi connectivity index (χ1n) is 5.49. The normalized spacial score (nSPS) is 11.2. The number of ether oxygens (including phenoxy) is 2. The molecule has 0 bridgehead atoms. The number of hydrogen-bond donors (Lipinski definition) is 0. The predicted molar refractivity (Wildman–Crippen MR) is 65.1 cm³/mol. The molecule has 0 unspecified atom stereocenters. The van der Waals surface area contributed by atoms with Gasteiger partial charge in [0.05, 0.1) is 7.11 Å². The van der Waals surface area contributed by atoms with E-state index in [-0.39, 0.29) is 5.75 Å². The standard InChI is InChI=1S/C14H11F3O2/c1-18-13-8-3-2-7-12(13)10-5-4-6-11(9-10)19-14(15,16)17/h2-9H,1H3. The van der Waals surface area contributed by atoms with Crippen LogP contribution in [0.2, 0.25) is 0 Å². The van der Waals surface area contributed by atoms with Gasteiger partial charge in [-0.25, -0.2) is 0 Å². The molecule has 0 radical (unpaired) electrons. The number of para-hydroxylation sites is 1. The van der Waals surface area contributed by atoms with Crippen molar-refractivity contribution in [3.05, 3.63) is 48.5 Å². The molecule has 0 N–H and O–H groups in total. The number of benzene rings is 2. The van der Waals surface area contributed by atoms with Crippen LogP contribution in [0.1, 0.15) is 0 Å². The molecule has 5 heteroatoms. The summed E-state index contributed by atoms with van der Waals surface area (Å²) < 4.78 is 45.6. The number of rotatable bonds is 3. The largest absolute Gasteiger partial charge is 0.573 e. The van der Waals surface area contributed by atoms with E-state index in [1.54, 1.807) is 30.3 Å². The van der Waals surface area contributed by atoms with Crippen molar-refractivity contribution >= 4 is 0 Å². The van der Waals surface area contributed by atoms with Crippen LogP contribution in [0.3, 0.4) is 0 Å². The summed E-state index contributed by atoms with van der Waals surface area (Å²) in [5, 5.41) is 0. The molecule has 0 fully saturated rings. The maximum absolute atomic E-state index is 12.2. The zero-order valence-corrected chi connectivity index (χ0v) is 10.1. The van der Waals surface area contributed by atoms with Crippen LogP contribution < -0.4 is 9.47 Å². The second-order valence-electron chi connectivity index (χ2n) is 3.78. The highest BCUT2D eigenvalue weighted by molar-refractivity contribution is 5.71. The van der Waals surface area contributed by atoms with Gasteiger partial charge in [-0.05, 0) is 23.8 Å². The third-order valence-corrected chi connectivity index (χ3v) is 2.49. The van der Waals surface area contributed by atoms with Crippen molar-refractivity contribution in [3.63, 3.8) is 0 Å². The highest BCUT2D eigenvalue weighted by Gasteiger charge is 2.31. The maximum Gasteiger partial charge on any atom is 0.573 e. The van der Waals surface area contributed by atoms with Crippen molar-refractivity contribution in [2.75, 3.05) is 7.11 Å². The molecule has 0 saturated carbocycles. The van der Waals surface area contributed by atoms with Crippen molar-refractivity contribution in [1.82, 2.24) is 0 Å². The van der Waals surface area contributed by atoms with E-state index in [2.05, 4.69) is 4.74 Å². The molecule has 2 aromatic carbocycles. The number of halogens is 3. The molecule has 0 atom stereocenters. The van der Waals surface area contributed by atoms with E-state index in [0.29, 0.717) is 16.9 Å². The van der Waals surface area contributed by atoms with Crippen LogP contribution in [0, 0.1) is 0 Å². The molecule has 100 valence electrons. The lowest BCUT2D eigenvalue weighted by Crippen LogP contribution is -2.17. The van der Waals surface area contributed by atoms with Crippen LogP contribution in [0.4, 0.5) is 13.2 Å². The first-order chi connectivity index (χ1) is 8.99. The van der Waals surface area contributed by atoms with Gasteiger partial charge < -0.3 is 9.47 Å². The molecule has 0 spiro atoms. The Bertz CT molecular complexity index is 565. The van der Waals surface area contributed by atoms with Crippen molar-refractivity contribution in [1.29, 1.82) is 0 Å². The zero-order valence-electron chi connectivity index (χ0n) is 10.1. The minimum atomic E-state index is -4.70. The SMILES string of the molecule is COc1ccccc1-c1cccc(OC(F)(F)F)c1. The summed E-state index contributed by atoms with van der Waals surface area (Å²) in [7, 11) is 1.51. The van der Waals surface area contributed by atoms with Gasteiger partial charge in [0.15, 0.2) is 0 Å². The maximum atomic E-state index is 12.2. The van der Waals surface area contributed by atoms with Crippen LogP contribution >= 0.6 is 0 Å². The topological polar surface area (TPSA) is 18.5 Å². The minimum absolute atomic E-state index is 0.254. The summed E-state index contributed by atoms with van der Waals surface area (Å²) in [6.45, 7) is 0. The third-order valence-electron chi connectivity index (χ3n) is 2.49. The molecule has 0 aromatic heterocycles. The van der Waals surface area contributed by atoms with Gasteiger partial charge in [-0.1, -0.05) is 30.3 Å². The van der Waals surface area contributed by atoms with Crippen molar-refractivity contribution in [2.24, 2.45) is 0 Å². The Kier molecular flexibility index (Phi) is 3.64. The molecule has 0 aliphatic carbocycles. The highest BCUT2D eigenvalue weighted by atomic mass is 19.4. The Labute approximate surface area is 108 Å². The molecule has 0 aliphatic rings. The second-order valence-corrected chi connectivity index (χ2v) is 3.78. The molecule has 0 heterocycles. The van der Waals surface area contributed by atoms with Gasteiger partial charge in [-0.15, -0.1) is 13.2 Å². The first kappa shape index (κ1) is 13.3. The van der Waals surface area contributed by atoms with Gasteiger partial charge >= 0.3 is 6.36 Å². The quantitative estimate of drug-likeness (QED) is 0.828. The number of methoxy groups -OCH3 is 1. The van der Waals surface area contributed by atoms with Gasteiger partial charge in [-0.2, -0.15) is 0 Å². The fourth-order valence-corrected chi connectivity index (χ4v) is 1.74. The summed E-state index contributed by atoms with van der Waals surface area (Å²) >= 11 is 0. The molecule has 19 heavy (non-hydrogen) atoms. The molecule has 0 aliphatic heterocycles. The van der Waals surface area contributed by atoms with Gasteiger partial charge in [0.2, 0.25) is 0 Å². The van der Waals surface area contributed by atoms with Crippen LogP contribution in [0.25, 0.3) is 11.1 Å². The summed E-state index contributed by atoms with van der Waals surface area (Å²) in [5.41, 5.74) is 1.30. The Balaban J connectivity index is 2.38. The lowest BCUT2D eigenvalue weighted by atomic mass is 10.0. The van der Waals surface area contributed by atoms with Crippen molar-refractivity contribution in [2.45, 2.75) is 6.36 Å². The smallest absolute Gasteiger partial charge is 0.496 e. The summed E-state index contributed by atoms with van der Waals surface area (Å²) in [5.74, 6) is 0.336.